The lowest BCUT2D eigenvalue weighted by Crippen LogP contribution is -2.05. The standard InChI is InChI=1S/C12H19BrN2O/c1-4-5-11-14-10(13)8-12(15-11)16-7-6-9(2)3/h8-9H,4-7H2,1-3H3. The van der Waals surface area contributed by atoms with Crippen molar-refractivity contribution in [2.75, 3.05) is 6.61 Å². The first kappa shape index (κ1) is 13.4. The minimum atomic E-state index is 0.653. The van der Waals surface area contributed by atoms with Crippen molar-refractivity contribution in [3.63, 3.8) is 0 Å². The monoisotopic (exact) mass is 286 g/mol. The van der Waals surface area contributed by atoms with Crippen molar-refractivity contribution in [2.45, 2.75) is 40.0 Å². The lowest BCUT2D eigenvalue weighted by molar-refractivity contribution is 0.277. The topological polar surface area (TPSA) is 35.0 Å². The fourth-order valence-electron chi connectivity index (χ4n) is 1.25. The lowest BCUT2D eigenvalue weighted by atomic mass is 10.1. The third-order valence-electron chi connectivity index (χ3n) is 2.14. The molecule has 3 nitrogen and oxygen atoms in total. The Kier molecular flexibility index (Phi) is 5.74. The van der Waals surface area contributed by atoms with E-state index in [9.17, 15) is 0 Å². The van der Waals surface area contributed by atoms with Gasteiger partial charge in [-0.25, -0.2) is 4.98 Å². The van der Waals surface area contributed by atoms with Crippen LogP contribution in [-0.2, 0) is 6.42 Å². The maximum Gasteiger partial charge on any atom is 0.217 e. The van der Waals surface area contributed by atoms with Crippen molar-refractivity contribution in [1.82, 2.24) is 9.97 Å². The number of hydrogen-bond acceptors (Lipinski definition) is 3. The van der Waals surface area contributed by atoms with Crippen LogP contribution in [0.3, 0.4) is 0 Å². The van der Waals surface area contributed by atoms with E-state index in [4.69, 9.17) is 4.74 Å². The molecule has 1 aromatic heterocycles. The Bertz CT molecular complexity index is 329. The predicted molar refractivity (Wildman–Crippen MR) is 68.7 cm³/mol. The Labute approximate surface area is 106 Å². The molecule has 0 bridgehead atoms. The zero-order chi connectivity index (χ0) is 12.0. The molecular weight excluding hydrogens is 268 g/mol. The molecule has 0 atom stereocenters. The van der Waals surface area contributed by atoms with Crippen molar-refractivity contribution in [3.05, 3.63) is 16.5 Å². The van der Waals surface area contributed by atoms with Crippen molar-refractivity contribution >= 4 is 15.9 Å². The van der Waals surface area contributed by atoms with Gasteiger partial charge in [-0.15, -0.1) is 0 Å². The van der Waals surface area contributed by atoms with Crippen LogP contribution in [0, 0.1) is 5.92 Å². The van der Waals surface area contributed by atoms with E-state index in [0.29, 0.717) is 18.4 Å². The maximum atomic E-state index is 5.60. The molecule has 0 aromatic carbocycles. The van der Waals surface area contributed by atoms with E-state index in [-0.39, 0.29) is 0 Å². The average Bonchev–Trinajstić information content (AvgIpc) is 2.16. The van der Waals surface area contributed by atoms with Gasteiger partial charge in [0, 0.05) is 12.5 Å². The summed E-state index contributed by atoms with van der Waals surface area (Å²) in [7, 11) is 0. The van der Waals surface area contributed by atoms with Gasteiger partial charge in [0.25, 0.3) is 0 Å². The molecule has 0 N–H and O–H groups in total. The number of aryl methyl sites for hydroxylation is 1. The highest BCUT2D eigenvalue weighted by molar-refractivity contribution is 9.10. The third-order valence-corrected chi connectivity index (χ3v) is 2.54. The molecule has 0 saturated heterocycles. The Morgan fingerprint density at radius 2 is 2.12 bits per heavy atom. The fraction of sp³-hybridized carbons (Fsp3) is 0.667. The summed E-state index contributed by atoms with van der Waals surface area (Å²) in [6.45, 7) is 7.19. The maximum absolute atomic E-state index is 5.60. The van der Waals surface area contributed by atoms with Crippen molar-refractivity contribution in [3.8, 4) is 5.88 Å². The van der Waals surface area contributed by atoms with Gasteiger partial charge in [0.15, 0.2) is 0 Å². The quantitative estimate of drug-likeness (QED) is 0.750. The Hall–Kier alpha value is -0.640. The van der Waals surface area contributed by atoms with Gasteiger partial charge in [0.2, 0.25) is 5.88 Å². The summed E-state index contributed by atoms with van der Waals surface area (Å²) < 4.78 is 6.40. The summed E-state index contributed by atoms with van der Waals surface area (Å²) >= 11 is 3.37. The SMILES string of the molecule is CCCc1nc(Br)cc(OCCC(C)C)n1. The van der Waals surface area contributed by atoms with Crippen molar-refractivity contribution in [2.24, 2.45) is 5.92 Å². The molecule has 0 unspecified atom stereocenters. The second-order valence-electron chi connectivity index (χ2n) is 4.23. The normalized spacial score (nSPS) is 10.8. The van der Waals surface area contributed by atoms with Gasteiger partial charge >= 0.3 is 0 Å². The van der Waals surface area contributed by atoms with Crippen LogP contribution in [0.5, 0.6) is 5.88 Å². The van der Waals surface area contributed by atoms with Crippen LogP contribution in [0.15, 0.2) is 10.7 Å². The molecule has 1 aromatic rings. The highest BCUT2D eigenvalue weighted by atomic mass is 79.9. The average molecular weight is 287 g/mol. The van der Waals surface area contributed by atoms with E-state index >= 15 is 0 Å². The highest BCUT2D eigenvalue weighted by Gasteiger charge is 2.04. The minimum Gasteiger partial charge on any atom is -0.478 e. The van der Waals surface area contributed by atoms with Crippen LogP contribution in [-0.4, -0.2) is 16.6 Å². The first-order valence-corrected chi connectivity index (χ1v) is 6.57. The molecule has 0 aliphatic rings. The van der Waals surface area contributed by atoms with Gasteiger partial charge in [-0.05, 0) is 34.7 Å². The van der Waals surface area contributed by atoms with E-state index in [2.05, 4.69) is 46.7 Å². The zero-order valence-electron chi connectivity index (χ0n) is 10.2. The zero-order valence-corrected chi connectivity index (χ0v) is 11.7. The summed E-state index contributed by atoms with van der Waals surface area (Å²) in [6, 6.07) is 1.82. The Morgan fingerprint density at radius 3 is 2.75 bits per heavy atom. The molecule has 1 rings (SSSR count). The molecule has 0 amide bonds. The Balaban J connectivity index is 2.58. The van der Waals surface area contributed by atoms with Gasteiger partial charge in [-0.3, -0.25) is 0 Å². The Morgan fingerprint density at radius 1 is 1.38 bits per heavy atom. The number of ether oxygens (including phenoxy) is 1. The van der Waals surface area contributed by atoms with Gasteiger partial charge in [0.05, 0.1) is 6.61 Å². The minimum absolute atomic E-state index is 0.653. The first-order valence-electron chi connectivity index (χ1n) is 5.78. The molecular formula is C12H19BrN2O. The second kappa shape index (κ2) is 6.84. The summed E-state index contributed by atoms with van der Waals surface area (Å²) in [5.74, 6) is 2.17. The molecule has 0 fully saturated rings. The van der Waals surface area contributed by atoms with Crippen LogP contribution in [0.1, 0.15) is 39.4 Å². The molecule has 0 radical (unpaired) electrons. The van der Waals surface area contributed by atoms with E-state index in [1.54, 1.807) is 0 Å². The van der Waals surface area contributed by atoms with Gasteiger partial charge in [-0.2, -0.15) is 4.98 Å². The number of hydrogen-bond donors (Lipinski definition) is 0. The lowest BCUT2D eigenvalue weighted by Gasteiger charge is -2.08. The van der Waals surface area contributed by atoms with E-state index < -0.39 is 0 Å². The van der Waals surface area contributed by atoms with Gasteiger partial charge in [0.1, 0.15) is 10.4 Å². The summed E-state index contributed by atoms with van der Waals surface area (Å²) in [4.78, 5) is 8.65. The van der Waals surface area contributed by atoms with E-state index in [0.717, 1.165) is 29.7 Å². The number of halogens is 1. The van der Waals surface area contributed by atoms with Gasteiger partial charge < -0.3 is 4.74 Å². The smallest absolute Gasteiger partial charge is 0.217 e. The molecule has 0 aliphatic carbocycles. The van der Waals surface area contributed by atoms with Crippen LogP contribution in [0.4, 0.5) is 0 Å². The van der Waals surface area contributed by atoms with Crippen LogP contribution in [0.2, 0.25) is 0 Å². The number of aromatic nitrogens is 2. The summed E-state index contributed by atoms with van der Waals surface area (Å²) in [5.41, 5.74) is 0. The predicted octanol–water partition coefficient (Wildman–Crippen LogP) is 3.62. The molecule has 4 heteroatoms. The summed E-state index contributed by atoms with van der Waals surface area (Å²) in [5, 5.41) is 0. The van der Waals surface area contributed by atoms with E-state index in [1.165, 1.54) is 0 Å². The summed E-state index contributed by atoms with van der Waals surface area (Å²) in [6.07, 6.45) is 2.98. The van der Waals surface area contributed by atoms with Crippen molar-refractivity contribution < 1.29 is 4.74 Å². The van der Waals surface area contributed by atoms with Crippen molar-refractivity contribution in [1.29, 1.82) is 0 Å². The van der Waals surface area contributed by atoms with E-state index in [1.807, 2.05) is 6.07 Å². The second-order valence-corrected chi connectivity index (χ2v) is 5.04. The number of rotatable bonds is 6. The molecule has 90 valence electrons. The number of nitrogens with zero attached hydrogens (tertiary/aromatic N) is 2. The highest BCUT2D eigenvalue weighted by Crippen LogP contribution is 2.15. The molecule has 1 heterocycles. The fourth-order valence-corrected chi connectivity index (χ4v) is 1.65. The van der Waals surface area contributed by atoms with Crippen LogP contribution < -0.4 is 4.74 Å². The third kappa shape index (κ3) is 4.92. The van der Waals surface area contributed by atoms with Crippen LogP contribution in [0.25, 0.3) is 0 Å². The molecule has 16 heavy (non-hydrogen) atoms. The van der Waals surface area contributed by atoms with Gasteiger partial charge in [-0.1, -0.05) is 20.8 Å². The molecule has 0 spiro atoms. The largest absolute Gasteiger partial charge is 0.478 e. The first-order chi connectivity index (χ1) is 7.61. The molecule has 0 aliphatic heterocycles. The molecule has 0 saturated carbocycles. The van der Waals surface area contributed by atoms with Crippen LogP contribution >= 0.6 is 15.9 Å².